The van der Waals surface area contributed by atoms with Gasteiger partial charge in [-0.15, -0.1) is 0 Å². The van der Waals surface area contributed by atoms with Gasteiger partial charge in [-0.2, -0.15) is 0 Å². The van der Waals surface area contributed by atoms with E-state index >= 15 is 0 Å². The van der Waals surface area contributed by atoms with Crippen LogP contribution in [0, 0.1) is 6.92 Å². The number of hydrogen-bond donors (Lipinski definition) is 2. The van der Waals surface area contributed by atoms with Crippen LogP contribution in [0.2, 0.25) is 0 Å². The number of anilines is 2. The molecule has 0 saturated carbocycles. The molecule has 1 amide bonds. The number of carbonyl (C=O) groups excluding carboxylic acids is 1. The first-order chi connectivity index (χ1) is 9.85. The molecule has 110 valence electrons. The van der Waals surface area contributed by atoms with Crippen LogP contribution in [0.4, 0.5) is 11.6 Å². The predicted molar refractivity (Wildman–Crippen MR) is 83.7 cm³/mol. The van der Waals surface area contributed by atoms with E-state index in [0.29, 0.717) is 11.6 Å². The highest BCUT2D eigenvalue weighted by Crippen LogP contribution is 2.17. The minimum atomic E-state index is -0.300. The van der Waals surface area contributed by atoms with Gasteiger partial charge in [0.15, 0.2) is 0 Å². The van der Waals surface area contributed by atoms with Crippen LogP contribution < -0.4 is 10.6 Å². The Balaban J connectivity index is 2.18. The molecule has 0 saturated heterocycles. The number of nitrogens with one attached hydrogen (secondary N) is 2. The molecule has 1 heterocycles. The zero-order valence-electron chi connectivity index (χ0n) is 12.8. The Labute approximate surface area is 124 Å². The average molecular weight is 284 g/mol. The van der Waals surface area contributed by atoms with Crippen LogP contribution in [0.1, 0.15) is 36.8 Å². The van der Waals surface area contributed by atoms with Crippen molar-refractivity contribution in [2.24, 2.45) is 0 Å². The van der Waals surface area contributed by atoms with Gasteiger partial charge in [-0.25, -0.2) is 9.97 Å². The Kier molecular flexibility index (Phi) is 4.21. The van der Waals surface area contributed by atoms with Crippen LogP contribution in [0.5, 0.6) is 0 Å². The van der Waals surface area contributed by atoms with Crippen molar-refractivity contribution in [3.8, 4) is 0 Å². The standard InChI is InChI=1S/C16H20N4O/c1-11-7-5-6-8-12(11)18-15-17-10-9-13(19-15)14(21)20-16(2,3)4/h5-10H,1-4H3,(H,20,21)(H,17,18,19). The first-order valence-corrected chi connectivity index (χ1v) is 6.83. The average Bonchev–Trinajstić information content (AvgIpc) is 2.40. The maximum Gasteiger partial charge on any atom is 0.270 e. The lowest BCUT2D eigenvalue weighted by Crippen LogP contribution is -2.41. The molecule has 0 spiro atoms. The van der Waals surface area contributed by atoms with Crippen molar-refractivity contribution in [1.29, 1.82) is 0 Å². The molecular weight excluding hydrogens is 264 g/mol. The molecule has 5 nitrogen and oxygen atoms in total. The van der Waals surface area contributed by atoms with Crippen molar-refractivity contribution in [2.45, 2.75) is 33.2 Å². The fraction of sp³-hybridized carbons (Fsp3) is 0.312. The van der Waals surface area contributed by atoms with Crippen molar-refractivity contribution < 1.29 is 4.79 Å². The zero-order chi connectivity index (χ0) is 15.5. The third-order valence-electron chi connectivity index (χ3n) is 2.77. The van der Waals surface area contributed by atoms with E-state index in [1.165, 1.54) is 0 Å². The lowest BCUT2D eigenvalue weighted by Gasteiger charge is -2.20. The number of aryl methyl sites for hydroxylation is 1. The van der Waals surface area contributed by atoms with Crippen molar-refractivity contribution in [1.82, 2.24) is 15.3 Å². The number of aromatic nitrogens is 2. The summed E-state index contributed by atoms with van der Waals surface area (Å²) in [5, 5.41) is 6.01. The summed E-state index contributed by atoms with van der Waals surface area (Å²) < 4.78 is 0. The second-order valence-corrected chi connectivity index (χ2v) is 5.91. The molecule has 0 aliphatic rings. The van der Waals surface area contributed by atoms with Gasteiger partial charge in [0.25, 0.3) is 5.91 Å². The van der Waals surface area contributed by atoms with Gasteiger partial charge in [-0.05, 0) is 45.4 Å². The second kappa shape index (κ2) is 5.91. The Morgan fingerprint density at radius 1 is 1.14 bits per heavy atom. The molecule has 0 radical (unpaired) electrons. The molecule has 0 fully saturated rings. The summed E-state index contributed by atoms with van der Waals surface area (Å²) in [5.41, 5.74) is 2.05. The van der Waals surface area contributed by atoms with Gasteiger partial charge in [0.1, 0.15) is 5.69 Å². The first kappa shape index (κ1) is 15.0. The predicted octanol–water partition coefficient (Wildman–Crippen LogP) is 3.06. The molecule has 21 heavy (non-hydrogen) atoms. The normalized spacial score (nSPS) is 11.0. The van der Waals surface area contributed by atoms with Crippen molar-refractivity contribution in [3.05, 3.63) is 47.8 Å². The zero-order valence-corrected chi connectivity index (χ0v) is 12.8. The Hall–Kier alpha value is -2.43. The summed E-state index contributed by atoms with van der Waals surface area (Å²) in [5.74, 6) is 0.198. The number of hydrogen-bond acceptors (Lipinski definition) is 4. The SMILES string of the molecule is Cc1ccccc1Nc1nccc(C(=O)NC(C)(C)C)n1. The highest BCUT2D eigenvalue weighted by molar-refractivity contribution is 5.92. The van der Waals surface area contributed by atoms with Gasteiger partial charge in [0.05, 0.1) is 0 Å². The lowest BCUT2D eigenvalue weighted by molar-refractivity contribution is 0.0914. The summed E-state index contributed by atoms with van der Waals surface area (Å²) >= 11 is 0. The van der Waals surface area contributed by atoms with Crippen LogP contribution >= 0.6 is 0 Å². The van der Waals surface area contributed by atoms with E-state index in [0.717, 1.165) is 11.3 Å². The number of rotatable bonds is 3. The van der Waals surface area contributed by atoms with Crippen molar-refractivity contribution in [3.63, 3.8) is 0 Å². The van der Waals surface area contributed by atoms with Gasteiger partial charge < -0.3 is 10.6 Å². The summed E-state index contributed by atoms with van der Waals surface area (Å²) in [6, 6.07) is 9.45. The maximum atomic E-state index is 12.1. The lowest BCUT2D eigenvalue weighted by atomic mass is 10.1. The van der Waals surface area contributed by atoms with Crippen LogP contribution in [-0.2, 0) is 0 Å². The van der Waals surface area contributed by atoms with Crippen LogP contribution in [0.25, 0.3) is 0 Å². The van der Waals surface area contributed by atoms with Crippen LogP contribution in [0.3, 0.4) is 0 Å². The third kappa shape index (κ3) is 4.27. The van der Waals surface area contributed by atoms with E-state index in [4.69, 9.17) is 0 Å². The summed E-state index contributed by atoms with van der Waals surface area (Å²) in [6.45, 7) is 7.79. The minimum Gasteiger partial charge on any atom is -0.346 e. The smallest absolute Gasteiger partial charge is 0.270 e. The summed E-state index contributed by atoms with van der Waals surface area (Å²) in [7, 11) is 0. The molecule has 0 unspecified atom stereocenters. The van der Waals surface area contributed by atoms with E-state index in [9.17, 15) is 4.79 Å². The number of nitrogens with zero attached hydrogens (tertiary/aromatic N) is 2. The number of carbonyl (C=O) groups is 1. The van der Waals surface area contributed by atoms with E-state index in [1.807, 2.05) is 52.0 Å². The molecule has 5 heteroatoms. The molecule has 0 atom stereocenters. The van der Waals surface area contributed by atoms with Gasteiger partial charge in [0, 0.05) is 17.4 Å². The summed E-state index contributed by atoms with van der Waals surface area (Å²) in [6.07, 6.45) is 1.57. The van der Waals surface area contributed by atoms with E-state index in [-0.39, 0.29) is 11.4 Å². The molecule has 1 aromatic carbocycles. The maximum absolute atomic E-state index is 12.1. The van der Waals surface area contributed by atoms with Crippen LogP contribution in [0.15, 0.2) is 36.5 Å². The quantitative estimate of drug-likeness (QED) is 0.909. The molecule has 0 aliphatic carbocycles. The van der Waals surface area contributed by atoms with E-state index < -0.39 is 0 Å². The Morgan fingerprint density at radius 3 is 2.52 bits per heavy atom. The number of para-hydroxylation sites is 1. The van der Waals surface area contributed by atoms with Gasteiger partial charge in [-0.1, -0.05) is 18.2 Å². The third-order valence-corrected chi connectivity index (χ3v) is 2.77. The van der Waals surface area contributed by atoms with Gasteiger partial charge in [-0.3, -0.25) is 4.79 Å². The molecule has 1 aromatic heterocycles. The van der Waals surface area contributed by atoms with Crippen molar-refractivity contribution >= 4 is 17.5 Å². The van der Waals surface area contributed by atoms with Crippen molar-refractivity contribution in [2.75, 3.05) is 5.32 Å². The number of amides is 1. The topological polar surface area (TPSA) is 66.9 Å². The molecular formula is C16H20N4O. The number of benzene rings is 1. The van der Waals surface area contributed by atoms with Crippen LogP contribution in [-0.4, -0.2) is 21.4 Å². The Morgan fingerprint density at radius 2 is 1.86 bits per heavy atom. The largest absolute Gasteiger partial charge is 0.346 e. The molecule has 2 aromatic rings. The van der Waals surface area contributed by atoms with E-state index in [2.05, 4.69) is 20.6 Å². The first-order valence-electron chi connectivity index (χ1n) is 6.83. The van der Waals surface area contributed by atoms with Gasteiger partial charge >= 0.3 is 0 Å². The Bertz CT molecular complexity index is 647. The highest BCUT2D eigenvalue weighted by Gasteiger charge is 2.16. The highest BCUT2D eigenvalue weighted by atomic mass is 16.2. The molecule has 0 bridgehead atoms. The summed E-state index contributed by atoms with van der Waals surface area (Å²) in [4.78, 5) is 20.5. The second-order valence-electron chi connectivity index (χ2n) is 5.91. The minimum absolute atomic E-state index is 0.210. The van der Waals surface area contributed by atoms with Gasteiger partial charge in [0.2, 0.25) is 5.95 Å². The molecule has 0 aliphatic heterocycles. The molecule has 2 N–H and O–H groups in total. The fourth-order valence-electron chi connectivity index (χ4n) is 1.78. The van der Waals surface area contributed by atoms with E-state index in [1.54, 1.807) is 12.3 Å². The fourth-order valence-corrected chi connectivity index (χ4v) is 1.78. The monoisotopic (exact) mass is 284 g/mol. The molecule has 2 rings (SSSR count).